The van der Waals surface area contributed by atoms with Crippen molar-refractivity contribution in [1.29, 1.82) is 0 Å². The van der Waals surface area contributed by atoms with E-state index in [1.807, 2.05) is 29.1 Å². The molecule has 0 radical (unpaired) electrons. The van der Waals surface area contributed by atoms with E-state index in [1.54, 1.807) is 14.0 Å². The van der Waals surface area contributed by atoms with Crippen LogP contribution in [0.15, 0.2) is 23.4 Å². The van der Waals surface area contributed by atoms with Gasteiger partial charge in [0.1, 0.15) is 12.0 Å². The summed E-state index contributed by atoms with van der Waals surface area (Å²) in [6, 6.07) is -0.0862. The highest BCUT2D eigenvalue weighted by Gasteiger charge is 2.41. The molecule has 2 unspecified atom stereocenters. The average molecular weight is 372 g/mol. The maximum atomic E-state index is 11.2. The molecule has 140 valence electrons. The lowest BCUT2D eigenvalue weighted by Crippen LogP contribution is -2.36. The summed E-state index contributed by atoms with van der Waals surface area (Å²) >= 11 is 0.760. The number of hydrogen-bond donors (Lipinski definition) is 1. The van der Waals surface area contributed by atoms with Gasteiger partial charge in [-0.05, 0) is 25.8 Å². The second-order valence-electron chi connectivity index (χ2n) is 5.92. The predicted octanol–water partition coefficient (Wildman–Crippen LogP) is 2.25. The molecule has 0 saturated carbocycles. The monoisotopic (exact) mass is 372 g/mol. The van der Waals surface area contributed by atoms with Crippen molar-refractivity contribution in [3.8, 4) is 0 Å². The van der Waals surface area contributed by atoms with Crippen molar-refractivity contribution in [3.05, 3.63) is 23.4 Å². The van der Waals surface area contributed by atoms with Gasteiger partial charge < -0.3 is 24.1 Å². The van der Waals surface area contributed by atoms with Gasteiger partial charge in [-0.3, -0.25) is 4.90 Å². The molecule has 0 aromatic heterocycles. The molecule has 25 heavy (non-hydrogen) atoms. The fraction of sp³-hybridized carbons (Fsp3) is 0.625. The van der Waals surface area contributed by atoms with E-state index < -0.39 is 5.30 Å². The van der Waals surface area contributed by atoms with Gasteiger partial charge >= 0.3 is 5.30 Å². The summed E-state index contributed by atoms with van der Waals surface area (Å²) in [6.45, 7) is 6.67. The van der Waals surface area contributed by atoms with Crippen LogP contribution in [0.2, 0.25) is 0 Å². The second-order valence-corrected chi connectivity index (χ2v) is 6.88. The van der Waals surface area contributed by atoms with Crippen LogP contribution >= 0.6 is 11.9 Å². The Morgan fingerprint density at radius 1 is 1.52 bits per heavy atom. The summed E-state index contributed by atoms with van der Waals surface area (Å²) in [5.74, 6) is 1.74. The van der Waals surface area contributed by atoms with Gasteiger partial charge in [0, 0.05) is 24.5 Å². The van der Waals surface area contributed by atoms with E-state index in [4.69, 9.17) is 14.2 Å². The van der Waals surface area contributed by atoms with Crippen molar-refractivity contribution in [2.75, 3.05) is 27.0 Å². The lowest BCUT2D eigenvalue weighted by molar-refractivity contribution is -0.109. The van der Waals surface area contributed by atoms with E-state index in [9.17, 15) is 14.7 Å². The summed E-state index contributed by atoms with van der Waals surface area (Å²) in [7, 11) is 1.56. The Labute approximate surface area is 151 Å². The Morgan fingerprint density at radius 2 is 2.24 bits per heavy atom. The van der Waals surface area contributed by atoms with Gasteiger partial charge in [-0.25, -0.2) is 9.10 Å². The van der Waals surface area contributed by atoms with E-state index in [0.717, 1.165) is 18.2 Å². The molecular weight excluding hydrogens is 348 g/mol. The number of carbonyl (C=O) groups excluding carboxylic acids is 1. The second kappa shape index (κ2) is 8.59. The first-order valence-electron chi connectivity index (χ1n) is 7.98. The number of carboxylic acid groups (broad SMARTS) is 1. The molecule has 2 heterocycles. The summed E-state index contributed by atoms with van der Waals surface area (Å²) in [4.78, 5) is 24.0. The SMILES string of the molecule is CO/C(C)=C1\OCO\C1=C\C(C)C1CN(CC=O)[C@@H](C)N1SC(=O)O. The van der Waals surface area contributed by atoms with Gasteiger partial charge in [0.25, 0.3) is 0 Å². The number of rotatable bonds is 6. The Kier molecular flexibility index (Phi) is 6.74. The molecule has 3 atom stereocenters. The Hall–Kier alpha value is -1.71. The highest BCUT2D eigenvalue weighted by molar-refractivity contribution is 8.11. The van der Waals surface area contributed by atoms with Crippen LogP contribution in [-0.4, -0.2) is 65.1 Å². The number of carbonyl (C=O) groups is 2. The van der Waals surface area contributed by atoms with Crippen LogP contribution in [0.4, 0.5) is 4.79 Å². The number of hydrogen-bond acceptors (Lipinski definition) is 8. The third kappa shape index (κ3) is 4.47. The summed E-state index contributed by atoms with van der Waals surface area (Å²) in [6.07, 6.45) is 2.60. The third-order valence-electron chi connectivity index (χ3n) is 4.43. The molecule has 9 heteroatoms. The van der Waals surface area contributed by atoms with Crippen LogP contribution < -0.4 is 0 Å². The van der Waals surface area contributed by atoms with Crippen LogP contribution in [0.1, 0.15) is 20.8 Å². The smallest absolute Gasteiger partial charge is 0.380 e. The van der Waals surface area contributed by atoms with Crippen LogP contribution in [0.3, 0.4) is 0 Å². The van der Waals surface area contributed by atoms with E-state index in [1.165, 1.54) is 0 Å². The van der Waals surface area contributed by atoms with Crippen molar-refractivity contribution in [2.24, 2.45) is 5.92 Å². The average Bonchev–Trinajstić information content (AvgIpc) is 3.14. The molecule has 0 amide bonds. The molecule has 0 aromatic carbocycles. The minimum Gasteiger partial charge on any atom is -0.497 e. The molecule has 2 fully saturated rings. The normalized spacial score (nSPS) is 29.2. The zero-order valence-corrected chi connectivity index (χ0v) is 15.6. The standard InChI is InChI=1S/C16H24N2O6S/c1-10(7-14-15(11(2)22-4)24-9-23-14)13-8-17(5-6-19)12(3)18(13)25-16(20)21/h6-7,10,12-13H,5,8-9H2,1-4H3,(H,20,21)/b14-7+,15-11-/t10?,12-,13?/m1/s1. The molecule has 0 spiro atoms. The third-order valence-corrected chi connectivity index (χ3v) is 5.37. The minimum absolute atomic E-state index is 0.0256. The maximum absolute atomic E-state index is 11.2. The summed E-state index contributed by atoms with van der Waals surface area (Å²) in [5.41, 5.74) is 0. The van der Waals surface area contributed by atoms with Crippen LogP contribution in [0.25, 0.3) is 0 Å². The number of nitrogens with zero attached hydrogens (tertiary/aromatic N) is 2. The maximum Gasteiger partial charge on any atom is 0.380 e. The zero-order chi connectivity index (χ0) is 18.6. The Balaban J connectivity index is 2.23. The predicted molar refractivity (Wildman–Crippen MR) is 92.3 cm³/mol. The fourth-order valence-corrected chi connectivity index (χ4v) is 3.86. The first-order valence-corrected chi connectivity index (χ1v) is 8.76. The van der Waals surface area contributed by atoms with Gasteiger partial charge in [0.2, 0.25) is 12.6 Å². The van der Waals surface area contributed by atoms with Crippen LogP contribution in [0.5, 0.6) is 0 Å². The lowest BCUT2D eigenvalue weighted by atomic mass is 10.0. The quantitative estimate of drug-likeness (QED) is 0.428. The molecule has 0 aliphatic carbocycles. The lowest BCUT2D eigenvalue weighted by Gasteiger charge is -2.27. The number of allylic oxidation sites excluding steroid dienone is 1. The largest absolute Gasteiger partial charge is 0.497 e. The highest BCUT2D eigenvalue weighted by Crippen LogP contribution is 2.34. The van der Waals surface area contributed by atoms with E-state index >= 15 is 0 Å². The van der Waals surface area contributed by atoms with E-state index in [-0.39, 0.29) is 31.5 Å². The molecule has 8 nitrogen and oxygen atoms in total. The van der Waals surface area contributed by atoms with Crippen molar-refractivity contribution < 1.29 is 28.9 Å². The van der Waals surface area contributed by atoms with Gasteiger partial charge in [-0.15, -0.1) is 0 Å². The molecule has 2 rings (SSSR count). The van der Waals surface area contributed by atoms with Crippen LogP contribution in [0, 0.1) is 5.92 Å². The minimum atomic E-state index is -0.971. The van der Waals surface area contributed by atoms with Crippen LogP contribution in [-0.2, 0) is 19.0 Å². The topological polar surface area (TPSA) is 88.5 Å². The summed E-state index contributed by atoms with van der Waals surface area (Å²) < 4.78 is 18.0. The molecule has 0 bridgehead atoms. The molecule has 2 aliphatic rings. The van der Waals surface area contributed by atoms with E-state index in [2.05, 4.69) is 0 Å². The molecule has 2 aliphatic heterocycles. The first kappa shape index (κ1) is 19.6. The van der Waals surface area contributed by atoms with Gasteiger partial charge in [0.15, 0.2) is 5.76 Å². The first-order chi connectivity index (χ1) is 11.9. The highest BCUT2D eigenvalue weighted by atomic mass is 32.2. The van der Waals surface area contributed by atoms with E-state index in [0.29, 0.717) is 23.8 Å². The fourth-order valence-electron chi connectivity index (χ4n) is 3.00. The van der Waals surface area contributed by atoms with Crippen molar-refractivity contribution in [3.63, 3.8) is 0 Å². The summed E-state index contributed by atoms with van der Waals surface area (Å²) in [5, 5.41) is 8.22. The molecular formula is C16H24N2O6S. The number of ether oxygens (including phenoxy) is 3. The zero-order valence-electron chi connectivity index (χ0n) is 14.8. The Morgan fingerprint density at radius 3 is 2.84 bits per heavy atom. The number of aldehydes is 1. The number of methoxy groups -OCH3 is 1. The molecule has 0 aromatic rings. The Bertz CT molecular complexity index is 579. The van der Waals surface area contributed by atoms with Gasteiger partial charge in [-0.1, -0.05) is 6.92 Å². The van der Waals surface area contributed by atoms with Gasteiger partial charge in [0.05, 0.1) is 19.8 Å². The van der Waals surface area contributed by atoms with Gasteiger partial charge in [-0.2, -0.15) is 0 Å². The molecule has 1 N–H and O–H groups in total. The van der Waals surface area contributed by atoms with Crippen molar-refractivity contribution in [2.45, 2.75) is 33.0 Å². The van der Waals surface area contributed by atoms with Crippen molar-refractivity contribution in [1.82, 2.24) is 9.21 Å². The van der Waals surface area contributed by atoms with Crippen molar-refractivity contribution >= 4 is 23.5 Å². The molecule has 2 saturated heterocycles.